The highest BCUT2D eigenvalue weighted by atomic mass is 79.9. The Morgan fingerprint density at radius 3 is 2.60 bits per heavy atom. The Hall–Kier alpha value is 0.0600. The first-order valence-electron chi connectivity index (χ1n) is 6.82. The summed E-state index contributed by atoms with van der Waals surface area (Å²) in [5.74, 6) is -1.30. The van der Waals surface area contributed by atoms with Crippen molar-refractivity contribution in [2.45, 2.75) is 51.5 Å². The van der Waals surface area contributed by atoms with Crippen molar-refractivity contribution in [3.05, 3.63) is 32.2 Å². The van der Waals surface area contributed by atoms with Gasteiger partial charge in [0.15, 0.2) is 0 Å². The van der Waals surface area contributed by atoms with E-state index in [1.165, 1.54) is 0 Å². The summed E-state index contributed by atoms with van der Waals surface area (Å²) in [5, 5.41) is 14.4. The standard InChI is InChI=1S/C15H21Br2NO2/c1-5-10-6-11(7-12(16)13(10)17)15(19)9(2)18-14(3,4)8-20-15/h6-7,9,18-19H,5,8H2,1-4H3. The maximum atomic E-state index is 11.0. The van der Waals surface area contributed by atoms with Gasteiger partial charge < -0.3 is 15.2 Å². The minimum Gasteiger partial charge on any atom is -0.361 e. The number of nitrogens with one attached hydrogen (secondary N) is 1. The Morgan fingerprint density at radius 2 is 2.05 bits per heavy atom. The van der Waals surface area contributed by atoms with Crippen LogP contribution in [0.2, 0.25) is 0 Å². The lowest BCUT2D eigenvalue weighted by Gasteiger charge is -2.46. The highest BCUT2D eigenvalue weighted by molar-refractivity contribution is 9.13. The molecule has 3 nitrogen and oxygen atoms in total. The van der Waals surface area contributed by atoms with E-state index in [1.807, 2.05) is 19.1 Å². The maximum Gasteiger partial charge on any atom is 0.208 e. The van der Waals surface area contributed by atoms with Crippen LogP contribution in [-0.4, -0.2) is 23.3 Å². The number of morpholine rings is 1. The van der Waals surface area contributed by atoms with Gasteiger partial charge in [0.1, 0.15) is 0 Å². The summed E-state index contributed by atoms with van der Waals surface area (Å²) in [5.41, 5.74) is 1.79. The first-order chi connectivity index (χ1) is 9.19. The quantitative estimate of drug-likeness (QED) is 0.786. The third-order valence-corrected chi connectivity index (χ3v) is 5.84. The maximum absolute atomic E-state index is 11.0. The van der Waals surface area contributed by atoms with Crippen molar-refractivity contribution in [3.63, 3.8) is 0 Å². The third kappa shape index (κ3) is 2.97. The molecule has 1 fully saturated rings. The molecule has 0 aliphatic carbocycles. The van der Waals surface area contributed by atoms with E-state index in [0.717, 1.165) is 26.5 Å². The molecule has 1 saturated heterocycles. The van der Waals surface area contributed by atoms with E-state index >= 15 is 0 Å². The van der Waals surface area contributed by atoms with Gasteiger partial charge in [0.25, 0.3) is 0 Å². The summed E-state index contributed by atoms with van der Waals surface area (Å²) in [6.45, 7) is 8.63. The molecule has 0 saturated carbocycles. The van der Waals surface area contributed by atoms with Crippen molar-refractivity contribution in [2.24, 2.45) is 0 Å². The molecule has 0 aromatic heterocycles. The second-order valence-electron chi connectivity index (χ2n) is 6.02. The fourth-order valence-electron chi connectivity index (χ4n) is 2.58. The Morgan fingerprint density at radius 1 is 1.40 bits per heavy atom. The predicted octanol–water partition coefficient (Wildman–Crippen LogP) is 3.71. The van der Waals surface area contributed by atoms with Crippen LogP contribution >= 0.6 is 31.9 Å². The Bertz CT molecular complexity index is 519. The summed E-state index contributed by atoms with van der Waals surface area (Å²) < 4.78 is 7.79. The van der Waals surface area contributed by atoms with Crippen LogP contribution in [0, 0.1) is 0 Å². The largest absolute Gasteiger partial charge is 0.361 e. The lowest BCUT2D eigenvalue weighted by atomic mass is 9.91. The Balaban J connectivity index is 2.43. The number of halogens is 2. The first-order valence-corrected chi connectivity index (χ1v) is 8.40. The minimum atomic E-state index is -1.30. The second-order valence-corrected chi connectivity index (χ2v) is 7.67. The van der Waals surface area contributed by atoms with Gasteiger partial charge in [-0.3, -0.25) is 0 Å². The fourth-order valence-corrected chi connectivity index (χ4v) is 3.60. The molecular weight excluding hydrogens is 386 g/mol. The van der Waals surface area contributed by atoms with Gasteiger partial charge in [-0.15, -0.1) is 0 Å². The van der Waals surface area contributed by atoms with Gasteiger partial charge in [-0.1, -0.05) is 6.92 Å². The molecule has 2 atom stereocenters. The van der Waals surface area contributed by atoms with Crippen LogP contribution in [0.3, 0.4) is 0 Å². The molecular formula is C15H21Br2NO2. The van der Waals surface area contributed by atoms with E-state index in [4.69, 9.17) is 4.74 Å². The van der Waals surface area contributed by atoms with Crippen molar-refractivity contribution in [3.8, 4) is 0 Å². The van der Waals surface area contributed by atoms with Gasteiger partial charge in [0.05, 0.1) is 12.6 Å². The number of ether oxygens (including phenoxy) is 1. The molecule has 2 rings (SSSR count). The van der Waals surface area contributed by atoms with E-state index in [9.17, 15) is 5.11 Å². The number of hydrogen-bond donors (Lipinski definition) is 2. The average Bonchev–Trinajstić information content (AvgIpc) is 2.37. The SMILES string of the molecule is CCc1cc(C2(O)OCC(C)(C)NC2C)cc(Br)c1Br. The summed E-state index contributed by atoms with van der Waals surface area (Å²) in [7, 11) is 0. The van der Waals surface area contributed by atoms with E-state index < -0.39 is 5.79 Å². The normalized spacial score (nSPS) is 29.4. The van der Waals surface area contributed by atoms with E-state index in [0.29, 0.717) is 6.61 Å². The summed E-state index contributed by atoms with van der Waals surface area (Å²) in [6.07, 6.45) is 0.885. The average molecular weight is 407 g/mol. The molecule has 1 aliphatic heterocycles. The third-order valence-electron chi connectivity index (χ3n) is 3.75. The molecule has 112 valence electrons. The molecule has 1 aromatic rings. The molecule has 1 aliphatic rings. The predicted molar refractivity (Wildman–Crippen MR) is 87.7 cm³/mol. The van der Waals surface area contributed by atoms with Crippen LogP contribution in [0.1, 0.15) is 38.8 Å². The van der Waals surface area contributed by atoms with Gasteiger partial charge in [-0.2, -0.15) is 0 Å². The number of hydrogen-bond acceptors (Lipinski definition) is 3. The zero-order chi connectivity index (χ0) is 15.1. The lowest BCUT2D eigenvalue weighted by Crippen LogP contribution is -2.63. The molecule has 1 aromatic carbocycles. The molecule has 0 spiro atoms. The van der Waals surface area contributed by atoms with Gasteiger partial charge in [-0.25, -0.2) is 0 Å². The second kappa shape index (κ2) is 5.69. The van der Waals surface area contributed by atoms with Gasteiger partial charge >= 0.3 is 0 Å². The summed E-state index contributed by atoms with van der Waals surface area (Å²) >= 11 is 7.10. The zero-order valence-electron chi connectivity index (χ0n) is 12.3. The first kappa shape index (κ1) is 16.4. The lowest BCUT2D eigenvalue weighted by molar-refractivity contribution is -0.263. The molecule has 0 bridgehead atoms. The van der Waals surface area contributed by atoms with Gasteiger partial charge in [0.2, 0.25) is 5.79 Å². The Labute approximate surface area is 137 Å². The molecule has 2 N–H and O–H groups in total. The number of benzene rings is 1. The van der Waals surface area contributed by atoms with Crippen molar-refractivity contribution in [1.82, 2.24) is 5.32 Å². The van der Waals surface area contributed by atoms with Crippen LogP contribution < -0.4 is 5.32 Å². The van der Waals surface area contributed by atoms with Crippen LogP contribution in [-0.2, 0) is 16.9 Å². The summed E-state index contributed by atoms with van der Waals surface area (Å²) in [4.78, 5) is 0. The molecule has 1 heterocycles. The minimum absolute atomic E-state index is 0.133. The van der Waals surface area contributed by atoms with Crippen LogP contribution in [0.5, 0.6) is 0 Å². The molecule has 0 radical (unpaired) electrons. The highest BCUT2D eigenvalue weighted by Gasteiger charge is 2.45. The van der Waals surface area contributed by atoms with Crippen molar-refractivity contribution in [1.29, 1.82) is 0 Å². The van der Waals surface area contributed by atoms with E-state index in [-0.39, 0.29) is 11.6 Å². The van der Waals surface area contributed by atoms with Crippen LogP contribution in [0.25, 0.3) is 0 Å². The van der Waals surface area contributed by atoms with E-state index in [1.54, 1.807) is 0 Å². The van der Waals surface area contributed by atoms with E-state index in [2.05, 4.69) is 57.9 Å². The monoisotopic (exact) mass is 405 g/mol. The van der Waals surface area contributed by atoms with Gasteiger partial charge in [-0.05, 0) is 76.7 Å². The fraction of sp³-hybridized carbons (Fsp3) is 0.600. The highest BCUT2D eigenvalue weighted by Crippen LogP contribution is 2.37. The molecule has 0 amide bonds. The number of aliphatic hydroxyl groups is 1. The smallest absolute Gasteiger partial charge is 0.208 e. The molecule has 5 heteroatoms. The van der Waals surface area contributed by atoms with Crippen molar-refractivity contribution >= 4 is 31.9 Å². The van der Waals surface area contributed by atoms with Crippen molar-refractivity contribution in [2.75, 3.05) is 6.61 Å². The van der Waals surface area contributed by atoms with Crippen molar-refractivity contribution < 1.29 is 9.84 Å². The molecule has 2 unspecified atom stereocenters. The number of aryl methyl sites for hydroxylation is 1. The molecule has 20 heavy (non-hydrogen) atoms. The Kier molecular flexibility index (Phi) is 4.67. The topological polar surface area (TPSA) is 41.5 Å². The zero-order valence-corrected chi connectivity index (χ0v) is 15.4. The van der Waals surface area contributed by atoms with Gasteiger partial charge in [0, 0.05) is 20.0 Å². The van der Waals surface area contributed by atoms with Crippen LogP contribution in [0.4, 0.5) is 0 Å². The van der Waals surface area contributed by atoms with Crippen LogP contribution in [0.15, 0.2) is 21.1 Å². The summed E-state index contributed by atoms with van der Waals surface area (Å²) in [6, 6.07) is 3.73. The number of rotatable bonds is 2.